The Morgan fingerprint density at radius 1 is 1.22 bits per heavy atom. The van der Waals surface area contributed by atoms with E-state index >= 15 is 0 Å². The molecule has 0 heterocycles. The van der Waals surface area contributed by atoms with Crippen LogP contribution in [0.1, 0.15) is 6.42 Å². The molecule has 0 atom stereocenters. The summed E-state index contributed by atoms with van der Waals surface area (Å²) < 4.78 is 0. The van der Waals surface area contributed by atoms with Crippen molar-refractivity contribution in [1.82, 2.24) is 4.90 Å². The molecule has 100 valence electrons. The number of para-hydroxylation sites is 1. The lowest BCUT2D eigenvalue weighted by molar-refractivity contribution is -0.136. The highest BCUT2D eigenvalue weighted by atomic mass is 35.5. The molecule has 0 unspecified atom stereocenters. The molecule has 0 saturated carbocycles. The zero-order valence-electron chi connectivity index (χ0n) is 10.8. The summed E-state index contributed by atoms with van der Waals surface area (Å²) in [4.78, 5) is 14.8. The number of carbonyl (C=O) groups is 1. The van der Waals surface area contributed by atoms with E-state index < -0.39 is 5.97 Å². The lowest BCUT2D eigenvalue weighted by atomic mass is 10.2. The molecule has 0 aliphatic carbocycles. The van der Waals surface area contributed by atoms with Crippen LogP contribution in [0, 0.1) is 0 Å². The normalized spacial score (nSPS) is 10.7. The van der Waals surface area contributed by atoms with Crippen molar-refractivity contribution < 1.29 is 9.90 Å². The number of carboxylic acid groups (broad SMARTS) is 1. The van der Waals surface area contributed by atoms with Crippen LogP contribution in [0.5, 0.6) is 0 Å². The monoisotopic (exact) mass is 270 g/mol. The maximum absolute atomic E-state index is 10.7. The van der Waals surface area contributed by atoms with Crippen LogP contribution in [-0.2, 0) is 4.79 Å². The topological polar surface area (TPSA) is 43.8 Å². The van der Waals surface area contributed by atoms with E-state index in [0.29, 0.717) is 11.6 Å². The van der Waals surface area contributed by atoms with Gasteiger partial charge in [0.05, 0.1) is 17.1 Å². The zero-order valence-corrected chi connectivity index (χ0v) is 11.5. The van der Waals surface area contributed by atoms with Gasteiger partial charge in [0.1, 0.15) is 0 Å². The zero-order chi connectivity index (χ0) is 13.5. The van der Waals surface area contributed by atoms with Crippen LogP contribution in [0.25, 0.3) is 0 Å². The lowest BCUT2D eigenvalue weighted by Crippen LogP contribution is -2.33. The van der Waals surface area contributed by atoms with Gasteiger partial charge in [-0.05, 0) is 26.2 Å². The summed E-state index contributed by atoms with van der Waals surface area (Å²) >= 11 is 6.15. The van der Waals surface area contributed by atoms with Gasteiger partial charge >= 0.3 is 5.97 Å². The van der Waals surface area contributed by atoms with Crippen molar-refractivity contribution >= 4 is 23.3 Å². The fourth-order valence-corrected chi connectivity index (χ4v) is 1.87. The quantitative estimate of drug-likeness (QED) is 0.825. The van der Waals surface area contributed by atoms with Gasteiger partial charge in [0.25, 0.3) is 0 Å². The number of hydrogen-bond acceptors (Lipinski definition) is 3. The molecule has 1 N–H and O–H groups in total. The third-order valence-electron chi connectivity index (χ3n) is 2.61. The van der Waals surface area contributed by atoms with E-state index in [1.165, 1.54) is 0 Å². The molecule has 5 heteroatoms. The van der Waals surface area contributed by atoms with Gasteiger partial charge in [-0.15, -0.1) is 0 Å². The molecule has 4 nitrogen and oxygen atoms in total. The average molecular weight is 271 g/mol. The number of rotatable bonds is 7. The SMILES string of the molecule is CN(C)CCN(CCC(=O)O)c1ccccc1Cl. The number of nitrogens with zero attached hydrogens (tertiary/aromatic N) is 2. The first kappa shape index (κ1) is 14.8. The van der Waals surface area contributed by atoms with Gasteiger partial charge in [0.2, 0.25) is 0 Å². The maximum Gasteiger partial charge on any atom is 0.305 e. The van der Waals surface area contributed by atoms with E-state index in [9.17, 15) is 4.79 Å². The maximum atomic E-state index is 10.7. The first-order valence-corrected chi connectivity index (χ1v) is 6.24. The van der Waals surface area contributed by atoms with Crippen molar-refractivity contribution in [2.75, 3.05) is 38.6 Å². The lowest BCUT2D eigenvalue weighted by Gasteiger charge is -2.26. The second kappa shape index (κ2) is 7.24. The summed E-state index contributed by atoms with van der Waals surface area (Å²) in [5.74, 6) is -0.795. The van der Waals surface area contributed by atoms with E-state index in [-0.39, 0.29) is 6.42 Å². The highest BCUT2D eigenvalue weighted by molar-refractivity contribution is 6.33. The van der Waals surface area contributed by atoms with Crippen LogP contribution < -0.4 is 4.90 Å². The van der Waals surface area contributed by atoms with E-state index in [4.69, 9.17) is 16.7 Å². The summed E-state index contributed by atoms with van der Waals surface area (Å²) in [5, 5.41) is 9.44. The number of benzene rings is 1. The van der Waals surface area contributed by atoms with Crippen LogP contribution in [-0.4, -0.2) is 49.7 Å². The highest BCUT2D eigenvalue weighted by Crippen LogP contribution is 2.25. The Bertz CT molecular complexity index is 396. The van der Waals surface area contributed by atoms with Crippen LogP contribution >= 0.6 is 11.6 Å². The Balaban J connectivity index is 2.75. The minimum Gasteiger partial charge on any atom is -0.481 e. The minimum absolute atomic E-state index is 0.110. The molecule has 1 aromatic carbocycles. The van der Waals surface area contributed by atoms with Crippen molar-refractivity contribution in [3.63, 3.8) is 0 Å². The van der Waals surface area contributed by atoms with Crippen molar-refractivity contribution in [3.8, 4) is 0 Å². The van der Waals surface area contributed by atoms with Gasteiger partial charge in [-0.2, -0.15) is 0 Å². The summed E-state index contributed by atoms with van der Waals surface area (Å²) in [7, 11) is 3.98. The fraction of sp³-hybridized carbons (Fsp3) is 0.462. The van der Waals surface area contributed by atoms with Gasteiger partial charge < -0.3 is 14.9 Å². The Hall–Kier alpha value is -1.26. The molecule has 18 heavy (non-hydrogen) atoms. The molecule has 0 bridgehead atoms. The number of halogens is 1. The van der Waals surface area contributed by atoms with Crippen molar-refractivity contribution in [2.24, 2.45) is 0 Å². The molecule has 0 aliphatic heterocycles. The van der Waals surface area contributed by atoms with Crippen LogP contribution in [0.4, 0.5) is 5.69 Å². The third kappa shape index (κ3) is 4.94. The molecule has 1 rings (SSSR count). The molecule has 0 saturated heterocycles. The van der Waals surface area contributed by atoms with Crippen molar-refractivity contribution in [2.45, 2.75) is 6.42 Å². The van der Waals surface area contributed by atoms with E-state index in [1.807, 2.05) is 43.3 Å². The average Bonchev–Trinajstić information content (AvgIpc) is 2.30. The molecule has 0 aromatic heterocycles. The van der Waals surface area contributed by atoms with Gasteiger partial charge in [0, 0.05) is 19.6 Å². The molecule has 0 fully saturated rings. The van der Waals surface area contributed by atoms with E-state index in [0.717, 1.165) is 18.8 Å². The van der Waals surface area contributed by atoms with Gasteiger partial charge in [-0.3, -0.25) is 4.79 Å². The first-order valence-electron chi connectivity index (χ1n) is 5.86. The number of anilines is 1. The second-order valence-corrected chi connectivity index (χ2v) is 4.79. The summed E-state index contributed by atoms with van der Waals surface area (Å²) in [5.41, 5.74) is 0.891. The standard InChI is InChI=1S/C13H19ClN2O2/c1-15(2)9-10-16(8-7-13(17)18)12-6-4-3-5-11(12)14/h3-6H,7-10H2,1-2H3,(H,17,18). The smallest absolute Gasteiger partial charge is 0.305 e. The van der Waals surface area contributed by atoms with Gasteiger partial charge in [0.15, 0.2) is 0 Å². The predicted molar refractivity (Wildman–Crippen MR) is 74.5 cm³/mol. The van der Waals surface area contributed by atoms with Crippen LogP contribution in [0.15, 0.2) is 24.3 Å². The minimum atomic E-state index is -0.795. The van der Waals surface area contributed by atoms with Crippen molar-refractivity contribution in [1.29, 1.82) is 0 Å². The van der Waals surface area contributed by atoms with E-state index in [1.54, 1.807) is 0 Å². The number of carboxylic acids is 1. The summed E-state index contributed by atoms with van der Waals surface area (Å²) in [6, 6.07) is 7.51. The Morgan fingerprint density at radius 2 is 1.89 bits per heavy atom. The molecule has 0 radical (unpaired) electrons. The molecule has 0 aliphatic rings. The number of aliphatic carboxylic acids is 1. The molecular formula is C13H19ClN2O2. The Kier molecular flexibility index (Phi) is 5.95. The largest absolute Gasteiger partial charge is 0.481 e. The van der Waals surface area contributed by atoms with Crippen LogP contribution in [0.3, 0.4) is 0 Å². The Morgan fingerprint density at radius 3 is 2.44 bits per heavy atom. The highest BCUT2D eigenvalue weighted by Gasteiger charge is 2.11. The molecule has 1 aromatic rings. The Labute approximate surface area is 113 Å². The number of hydrogen-bond donors (Lipinski definition) is 1. The fourth-order valence-electron chi connectivity index (χ4n) is 1.61. The summed E-state index contributed by atoms with van der Waals surface area (Å²) in [6.45, 7) is 2.07. The van der Waals surface area contributed by atoms with Gasteiger partial charge in [-0.25, -0.2) is 0 Å². The van der Waals surface area contributed by atoms with Crippen LogP contribution in [0.2, 0.25) is 5.02 Å². The van der Waals surface area contributed by atoms with Gasteiger partial charge in [-0.1, -0.05) is 23.7 Å². The van der Waals surface area contributed by atoms with E-state index in [2.05, 4.69) is 4.90 Å². The summed E-state index contributed by atoms with van der Waals surface area (Å²) in [6.07, 6.45) is 0.110. The molecule has 0 amide bonds. The number of likely N-dealkylation sites (N-methyl/N-ethyl adjacent to an activating group) is 1. The predicted octanol–water partition coefficient (Wildman–Crippen LogP) is 2.18. The first-order chi connectivity index (χ1) is 8.50. The third-order valence-corrected chi connectivity index (χ3v) is 2.93. The van der Waals surface area contributed by atoms with Crippen molar-refractivity contribution in [3.05, 3.63) is 29.3 Å². The second-order valence-electron chi connectivity index (χ2n) is 4.39. The molecular weight excluding hydrogens is 252 g/mol. The molecule has 0 spiro atoms.